The number of rotatable bonds is 11. The molecule has 0 aromatic rings. The second kappa shape index (κ2) is 11.9. The second-order valence-electron chi connectivity index (χ2n) is 3.19. The van der Waals surface area contributed by atoms with Gasteiger partial charge in [0.2, 0.25) is 0 Å². The highest BCUT2D eigenvalue weighted by atomic mass is 16.5. The molecule has 0 amide bonds. The number of unbranched alkanes of at least 4 members (excludes halogenated alkanes) is 1. The average Bonchev–Trinajstić information content (AvgIpc) is 2.27. The van der Waals surface area contributed by atoms with Gasteiger partial charge in [-0.25, -0.2) is 0 Å². The Hall–Kier alpha value is -0.200. The lowest BCUT2D eigenvalue weighted by molar-refractivity contribution is -0.0254. The van der Waals surface area contributed by atoms with Crippen molar-refractivity contribution >= 4 is 0 Å². The van der Waals surface area contributed by atoms with Crippen molar-refractivity contribution in [2.45, 2.75) is 26.0 Å². The molecule has 0 fully saturated rings. The summed E-state index contributed by atoms with van der Waals surface area (Å²) in [6.07, 6.45) is 1.79. The van der Waals surface area contributed by atoms with Crippen molar-refractivity contribution in [1.82, 2.24) is 5.32 Å². The van der Waals surface area contributed by atoms with Crippen LogP contribution in [0, 0.1) is 0 Å². The first kappa shape index (κ1) is 14.8. The maximum absolute atomic E-state index is 8.88. The zero-order valence-corrected chi connectivity index (χ0v) is 9.45. The molecule has 0 aliphatic rings. The van der Waals surface area contributed by atoms with Crippen molar-refractivity contribution in [2.24, 2.45) is 0 Å². The molecule has 0 rings (SSSR count). The van der Waals surface area contributed by atoms with E-state index in [9.17, 15) is 0 Å². The van der Waals surface area contributed by atoms with Crippen LogP contribution in [0.2, 0.25) is 0 Å². The molecular formula is C10H23NO4. The Kier molecular flexibility index (Phi) is 11.7. The molecule has 0 aliphatic heterocycles. The van der Waals surface area contributed by atoms with E-state index in [1.165, 1.54) is 0 Å². The fourth-order valence-corrected chi connectivity index (χ4v) is 1.01. The minimum atomic E-state index is -0.410. The Morgan fingerprint density at radius 1 is 1.20 bits per heavy atom. The molecule has 92 valence electrons. The van der Waals surface area contributed by atoms with Gasteiger partial charge in [-0.2, -0.15) is 0 Å². The van der Waals surface area contributed by atoms with Crippen molar-refractivity contribution in [2.75, 3.05) is 39.6 Å². The van der Waals surface area contributed by atoms with Crippen LogP contribution < -0.4 is 5.32 Å². The molecule has 15 heavy (non-hydrogen) atoms. The van der Waals surface area contributed by atoms with E-state index in [1.54, 1.807) is 0 Å². The highest BCUT2D eigenvalue weighted by Crippen LogP contribution is 1.88. The lowest BCUT2D eigenvalue weighted by Crippen LogP contribution is -2.37. The summed E-state index contributed by atoms with van der Waals surface area (Å²) in [4.78, 5) is 0. The molecule has 5 nitrogen and oxygen atoms in total. The Labute approximate surface area is 91.4 Å². The Morgan fingerprint density at radius 2 is 2.00 bits per heavy atom. The van der Waals surface area contributed by atoms with Crippen LogP contribution >= 0.6 is 0 Å². The van der Waals surface area contributed by atoms with Gasteiger partial charge in [0.25, 0.3) is 0 Å². The molecular weight excluding hydrogens is 198 g/mol. The first-order valence-corrected chi connectivity index (χ1v) is 5.49. The fourth-order valence-electron chi connectivity index (χ4n) is 1.01. The van der Waals surface area contributed by atoms with Gasteiger partial charge in [0.1, 0.15) is 6.23 Å². The van der Waals surface area contributed by atoms with Gasteiger partial charge in [-0.15, -0.1) is 0 Å². The van der Waals surface area contributed by atoms with Gasteiger partial charge in [-0.1, -0.05) is 13.3 Å². The van der Waals surface area contributed by atoms with Crippen molar-refractivity contribution < 1.29 is 19.7 Å². The SMILES string of the molecule is CCCCOCCNC(CO)OCCO. The number of ether oxygens (including phenoxy) is 2. The minimum Gasteiger partial charge on any atom is -0.394 e. The third kappa shape index (κ3) is 10.1. The number of nitrogens with one attached hydrogen (secondary N) is 1. The largest absolute Gasteiger partial charge is 0.394 e. The molecule has 0 heterocycles. The molecule has 5 heteroatoms. The first-order chi connectivity index (χ1) is 7.35. The summed E-state index contributed by atoms with van der Waals surface area (Å²) in [7, 11) is 0. The maximum Gasteiger partial charge on any atom is 0.131 e. The Balaban J connectivity index is 3.22. The summed E-state index contributed by atoms with van der Waals surface area (Å²) in [5.74, 6) is 0. The number of hydrogen-bond donors (Lipinski definition) is 3. The molecule has 0 spiro atoms. The van der Waals surface area contributed by atoms with Crippen molar-refractivity contribution in [3.05, 3.63) is 0 Å². The summed E-state index contributed by atoms with van der Waals surface area (Å²) < 4.78 is 10.4. The zero-order chi connectivity index (χ0) is 11.4. The van der Waals surface area contributed by atoms with Crippen molar-refractivity contribution in [3.63, 3.8) is 0 Å². The van der Waals surface area contributed by atoms with Gasteiger partial charge < -0.3 is 19.7 Å². The Bertz CT molecular complexity index is 124. The Morgan fingerprint density at radius 3 is 2.60 bits per heavy atom. The number of aliphatic hydroxyl groups is 2. The summed E-state index contributed by atoms with van der Waals surface area (Å²) in [6, 6.07) is 0. The molecule has 0 radical (unpaired) electrons. The van der Waals surface area contributed by atoms with E-state index >= 15 is 0 Å². The fraction of sp³-hybridized carbons (Fsp3) is 1.00. The molecule has 0 saturated carbocycles. The standard InChI is InChI=1S/C10H23NO4/c1-2-3-6-14-7-4-11-10(9-13)15-8-5-12/h10-13H,2-9H2,1H3. The van der Waals surface area contributed by atoms with Gasteiger partial charge in [-0.3, -0.25) is 5.32 Å². The summed E-state index contributed by atoms with van der Waals surface area (Å²) in [5, 5.41) is 20.4. The van der Waals surface area contributed by atoms with Crippen LogP contribution in [0.5, 0.6) is 0 Å². The highest BCUT2D eigenvalue weighted by Gasteiger charge is 2.04. The van der Waals surface area contributed by atoms with E-state index in [1.807, 2.05) is 0 Å². The van der Waals surface area contributed by atoms with Crippen LogP contribution in [-0.2, 0) is 9.47 Å². The molecule has 3 N–H and O–H groups in total. The van der Waals surface area contributed by atoms with Gasteiger partial charge in [-0.05, 0) is 6.42 Å². The zero-order valence-electron chi connectivity index (χ0n) is 9.45. The first-order valence-electron chi connectivity index (χ1n) is 5.49. The third-order valence-electron chi connectivity index (χ3n) is 1.84. The number of hydrogen-bond acceptors (Lipinski definition) is 5. The van der Waals surface area contributed by atoms with Crippen molar-refractivity contribution in [1.29, 1.82) is 0 Å². The highest BCUT2D eigenvalue weighted by molar-refractivity contribution is 4.53. The topological polar surface area (TPSA) is 71.0 Å². The van der Waals surface area contributed by atoms with E-state index in [0.717, 1.165) is 19.4 Å². The molecule has 1 unspecified atom stereocenters. The number of aliphatic hydroxyl groups excluding tert-OH is 2. The van der Waals surface area contributed by atoms with Crippen LogP contribution in [-0.4, -0.2) is 56.0 Å². The van der Waals surface area contributed by atoms with Crippen LogP contribution in [0.1, 0.15) is 19.8 Å². The maximum atomic E-state index is 8.88. The lowest BCUT2D eigenvalue weighted by atomic mass is 10.4. The second-order valence-corrected chi connectivity index (χ2v) is 3.19. The summed E-state index contributed by atoms with van der Waals surface area (Å²) >= 11 is 0. The lowest BCUT2D eigenvalue weighted by Gasteiger charge is -2.16. The smallest absolute Gasteiger partial charge is 0.131 e. The predicted molar refractivity (Wildman–Crippen MR) is 57.6 cm³/mol. The summed E-state index contributed by atoms with van der Waals surface area (Å²) in [6.45, 7) is 4.24. The molecule has 0 bridgehead atoms. The van der Waals surface area contributed by atoms with E-state index in [2.05, 4.69) is 12.2 Å². The van der Waals surface area contributed by atoms with E-state index in [4.69, 9.17) is 19.7 Å². The quantitative estimate of drug-likeness (QED) is 0.331. The molecule has 0 saturated heterocycles. The van der Waals surface area contributed by atoms with E-state index in [0.29, 0.717) is 13.2 Å². The normalized spacial score (nSPS) is 13.0. The average molecular weight is 221 g/mol. The molecule has 0 aromatic carbocycles. The van der Waals surface area contributed by atoms with Crippen molar-refractivity contribution in [3.8, 4) is 0 Å². The monoisotopic (exact) mass is 221 g/mol. The molecule has 1 atom stereocenters. The van der Waals surface area contributed by atoms with Crippen LogP contribution in [0.15, 0.2) is 0 Å². The van der Waals surface area contributed by atoms with Crippen LogP contribution in [0.25, 0.3) is 0 Å². The predicted octanol–water partition coefficient (Wildman–Crippen LogP) is -0.280. The summed E-state index contributed by atoms with van der Waals surface area (Å²) in [5.41, 5.74) is 0. The van der Waals surface area contributed by atoms with Crippen LogP contribution in [0.4, 0.5) is 0 Å². The van der Waals surface area contributed by atoms with E-state index < -0.39 is 6.23 Å². The molecule has 0 aliphatic carbocycles. The van der Waals surface area contributed by atoms with Gasteiger partial charge >= 0.3 is 0 Å². The van der Waals surface area contributed by atoms with Crippen LogP contribution in [0.3, 0.4) is 0 Å². The van der Waals surface area contributed by atoms with Gasteiger partial charge in [0.15, 0.2) is 0 Å². The third-order valence-corrected chi connectivity index (χ3v) is 1.84. The van der Waals surface area contributed by atoms with Gasteiger partial charge in [0, 0.05) is 13.2 Å². The van der Waals surface area contributed by atoms with E-state index in [-0.39, 0.29) is 19.8 Å². The molecule has 0 aromatic heterocycles. The minimum absolute atomic E-state index is 0.0365. The van der Waals surface area contributed by atoms with Gasteiger partial charge in [0.05, 0.1) is 26.4 Å².